The maximum atomic E-state index is 13.1. The number of benzene rings is 1. The molecule has 0 unspecified atom stereocenters. The largest absolute Gasteiger partial charge is 0.304 e. The third kappa shape index (κ3) is 3.69. The smallest absolute Gasteiger partial charge is 0.240 e. The minimum Gasteiger partial charge on any atom is -0.304 e. The third-order valence-corrected chi connectivity index (χ3v) is 4.94. The molecule has 0 fully saturated rings. The summed E-state index contributed by atoms with van der Waals surface area (Å²) in [7, 11) is -3.62. The van der Waals surface area contributed by atoms with Gasteiger partial charge in [-0.05, 0) is 30.3 Å². The average molecular weight is 354 g/mol. The molecule has 0 amide bonds. The van der Waals surface area contributed by atoms with Gasteiger partial charge in [0.15, 0.2) is 0 Å². The van der Waals surface area contributed by atoms with Crippen molar-refractivity contribution in [3.63, 3.8) is 0 Å². The summed E-state index contributed by atoms with van der Waals surface area (Å²) < 4.78 is 41.5. The molecule has 5 nitrogen and oxygen atoms in total. The van der Waals surface area contributed by atoms with Crippen LogP contribution in [0.3, 0.4) is 0 Å². The second-order valence-corrected chi connectivity index (χ2v) is 7.15. The van der Waals surface area contributed by atoms with Gasteiger partial charge in [0.25, 0.3) is 0 Å². The van der Waals surface area contributed by atoms with Gasteiger partial charge < -0.3 is 4.40 Å². The standard InChI is InChI=1S/C15H13ClFN3O2S/c16-11-2-1-3-14(8-11)23(21,22)18-7-6-13-10-20-9-12(17)4-5-15(20)19-13/h1-5,8-10,18H,6-7H2. The molecule has 0 aliphatic carbocycles. The van der Waals surface area contributed by atoms with E-state index in [1.807, 2.05) is 0 Å². The monoisotopic (exact) mass is 353 g/mol. The summed E-state index contributed by atoms with van der Waals surface area (Å²) in [6, 6.07) is 8.94. The number of hydrogen-bond donors (Lipinski definition) is 1. The van der Waals surface area contributed by atoms with E-state index in [-0.39, 0.29) is 17.3 Å². The van der Waals surface area contributed by atoms with Crippen LogP contribution in [0.15, 0.2) is 53.7 Å². The normalized spacial score (nSPS) is 11.9. The van der Waals surface area contributed by atoms with E-state index in [1.165, 1.54) is 24.4 Å². The molecule has 2 aromatic heterocycles. The van der Waals surface area contributed by atoms with Crippen molar-refractivity contribution in [1.82, 2.24) is 14.1 Å². The van der Waals surface area contributed by atoms with Crippen molar-refractivity contribution in [2.75, 3.05) is 6.54 Å². The Morgan fingerprint density at radius 2 is 2.04 bits per heavy atom. The Morgan fingerprint density at radius 3 is 2.83 bits per heavy atom. The van der Waals surface area contributed by atoms with Crippen molar-refractivity contribution in [2.24, 2.45) is 0 Å². The van der Waals surface area contributed by atoms with Gasteiger partial charge in [-0.15, -0.1) is 0 Å². The van der Waals surface area contributed by atoms with Crippen molar-refractivity contribution in [2.45, 2.75) is 11.3 Å². The number of halogens is 2. The minimum absolute atomic E-state index is 0.113. The number of rotatable bonds is 5. The Kier molecular flexibility index (Phi) is 4.34. The van der Waals surface area contributed by atoms with Gasteiger partial charge in [-0.25, -0.2) is 22.5 Å². The summed E-state index contributed by atoms with van der Waals surface area (Å²) in [5.41, 5.74) is 1.28. The molecule has 3 rings (SSSR count). The van der Waals surface area contributed by atoms with E-state index in [0.717, 1.165) is 0 Å². The van der Waals surface area contributed by atoms with Crippen LogP contribution in [-0.2, 0) is 16.4 Å². The molecule has 0 aliphatic heterocycles. The molecule has 2 heterocycles. The molecule has 0 saturated heterocycles. The van der Waals surface area contributed by atoms with Gasteiger partial charge in [-0.2, -0.15) is 0 Å². The van der Waals surface area contributed by atoms with E-state index >= 15 is 0 Å². The van der Waals surface area contributed by atoms with Crippen LogP contribution in [0.5, 0.6) is 0 Å². The Morgan fingerprint density at radius 1 is 1.22 bits per heavy atom. The zero-order chi connectivity index (χ0) is 16.4. The van der Waals surface area contributed by atoms with Crippen LogP contribution >= 0.6 is 11.6 Å². The summed E-state index contributed by atoms with van der Waals surface area (Å²) in [6.45, 7) is 0.182. The zero-order valence-corrected chi connectivity index (χ0v) is 13.5. The number of nitrogens with one attached hydrogen (secondary N) is 1. The van der Waals surface area contributed by atoms with Crippen LogP contribution in [0.25, 0.3) is 5.65 Å². The van der Waals surface area contributed by atoms with Gasteiger partial charge in [-0.1, -0.05) is 17.7 Å². The Labute approximate surface area is 137 Å². The van der Waals surface area contributed by atoms with Gasteiger partial charge in [0, 0.05) is 30.4 Å². The van der Waals surface area contributed by atoms with Gasteiger partial charge in [0.05, 0.1) is 10.6 Å². The summed E-state index contributed by atoms with van der Waals surface area (Å²) in [5, 5.41) is 0.357. The van der Waals surface area contributed by atoms with Crippen LogP contribution in [-0.4, -0.2) is 24.3 Å². The SMILES string of the molecule is O=S(=O)(NCCc1cn2cc(F)ccc2n1)c1cccc(Cl)c1. The molecule has 0 bridgehead atoms. The van der Waals surface area contributed by atoms with Crippen molar-refractivity contribution >= 4 is 27.3 Å². The molecule has 0 aliphatic rings. The molecule has 3 aromatic rings. The maximum Gasteiger partial charge on any atom is 0.240 e. The number of pyridine rings is 1. The fraction of sp³-hybridized carbons (Fsp3) is 0.133. The molecular formula is C15H13ClFN3O2S. The lowest BCUT2D eigenvalue weighted by Gasteiger charge is -2.06. The lowest BCUT2D eigenvalue weighted by Crippen LogP contribution is -2.26. The summed E-state index contributed by atoms with van der Waals surface area (Å²) in [4.78, 5) is 4.41. The van der Waals surface area contributed by atoms with Crippen LogP contribution in [0, 0.1) is 5.82 Å². The van der Waals surface area contributed by atoms with E-state index in [4.69, 9.17) is 11.6 Å². The van der Waals surface area contributed by atoms with Crippen LogP contribution in [0.2, 0.25) is 5.02 Å². The van der Waals surface area contributed by atoms with Gasteiger partial charge in [0.2, 0.25) is 10.0 Å². The number of nitrogens with zero attached hydrogens (tertiary/aromatic N) is 2. The predicted octanol–water partition coefficient (Wildman–Crippen LogP) is 2.65. The molecule has 23 heavy (non-hydrogen) atoms. The van der Waals surface area contributed by atoms with Crippen molar-refractivity contribution < 1.29 is 12.8 Å². The first-order valence-corrected chi connectivity index (χ1v) is 8.68. The number of aromatic nitrogens is 2. The summed E-state index contributed by atoms with van der Waals surface area (Å²) >= 11 is 5.80. The van der Waals surface area contributed by atoms with Crippen LogP contribution < -0.4 is 4.72 Å². The van der Waals surface area contributed by atoms with E-state index in [9.17, 15) is 12.8 Å². The first-order chi connectivity index (χ1) is 10.9. The highest BCUT2D eigenvalue weighted by molar-refractivity contribution is 7.89. The maximum absolute atomic E-state index is 13.1. The zero-order valence-electron chi connectivity index (χ0n) is 11.9. The van der Waals surface area contributed by atoms with Crippen molar-refractivity contribution in [3.8, 4) is 0 Å². The summed E-state index contributed by atoms with van der Waals surface area (Å²) in [6.07, 6.45) is 3.39. The molecule has 120 valence electrons. The second kappa shape index (κ2) is 6.27. The molecule has 0 spiro atoms. The van der Waals surface area contributed by atoms with E-state index < -0.39 is 10.0 Å². The first kappa shape index (κ1) is 15.9. The Hall–Kier alpha value is -1.96. The van der Waals surface area contributed by atoms with Crippen molar-refractivity contribution in [3.05, 3.63) is 65.3 Å². The average Bonchev–Trinajstić information content (AvgIpc) is 2.89. The van der Waals surface area contributed by atoms with E-state index in [2.05, 4.69) is 9.71 Å². The van der Waals surface area contributed by atoms with Crippen LogP contribution in [0.1, 0.15) is 5.69 Å². The quantitative estimate of drug-likeness (QED) is 0.767. The second-order valence-electron chi connectivity index (χ2n) is 4.95. The fourth-order valence-electron chi connectivity index (χ4n) is 2.17. The lowest BCUT2D eigenvalue weighted by atomic mass is 10.3. The third-order valence-electron chi connectivity index (χ3n) is 3.24. The molecule has 0 saturated carbocycles. The Bertz CT molecular complexity index is 956. The number of sulfonamides is 1. The van der Waals surface area contributed by atoms with Crippen molar-refractivity contribution in [1.29, 1.82) is 0 Å². The van der Waals surface area contributed by atoms with E-state index in [0.29, 0.717) is 22.8 Å². The number of fused-ring (bicyclic) bond motifs is 1. The van der Waals surface area contributed by atoms with Crippen LogP contribution in [0.4, 0.5) is 4.39 Å². The van der Waals surface area contributed by atoms with Gasteiger partial charge >= 0.3 is 0 Å². The van der Waals surface area contributed by atoms with Gasteiger partial charge in [-0.3, -0.25) is 0 Å². The number of hydrogen-bond acceptors (Lipinski definition) is 3. The lowest BCUT2D eigenvalue weighted by molar-refractivity contribution is 0.581. The van der Waals surface area contributed by atoms with Gasteiger partial charge in [0.1, 0.15) is 11.5 Å². The fourth-order valence-corrected chi connectivity index (χ4v) is 3.50. The molecule has 0 radical (unpaired) electrons. The Balaban J connectivity index is 1.68. The highest BCUT2D eigenvalue weighted by Crippen LogP contribution is 2.15. The predicted molar refractivity (Wildman–Crippen MR) is 85.5 cm³/mol. The van der Waals surface area contributed by atoms with E-state index in [1.54, 1.807) is 28.8 Å². The highest BCUT2D eigenvalue weighted by Gasteiger charge is 2.14. The topological polar surface area (TPSA) is 63.5 Å². The molecule has 8 heteroatoms. The summed E-state index contributed by atoms with van der Waals surface area (Å²) in [5.74, 6) is -0.358. The molecule has 0 atom stereocenters. The number of imidazole rings is 1. The molecule has 1 aromatic carbocycles. The first-order valence-electron chi connectivity index (χ1n) is 6.82. The molecular weight excluding hydrogens is 341 g/mol. The molecule has 1 N–H and O–H groups in total. The highest BCUT2D eigenvalue weighted by atomic mass is 35.5. The minimum atomic E-state index is -3.62.